The SMILES string of the molecule is CSCc1ccc(CNC2CCCCC2C(C)C)o1. The Morgan fingerprint density at radius 2 is 2.00 bits per heavy atom. The van der Waals surface area contributed by atoms with Crippen LogP contribution < -0.4 is 5.32 Å². The molecule has 1 aliphatic rings. The van der Waals surface area contributed by atoms with Crippen LogP contribution in [0.25, 0.3) is 0 Å². The third kappa shape index (κ3) is 4.28. The van der Waals surface area contributed by atoms with Crippen LogP contribution in [0, 0.1) is 11.8 Å². The minimum absolute atomic E-state index is 0.669. The summed E-state index contributed by atoms with van der Waals surface area (Å²) in [6, 6.07) is 4.89. The number of thioether (sulfide) groups is 1. The van der Waals surface area contributed by atoms with Crippen LogP contribution >= 0.6 is 11.8 Å². The van der Waals surface area contributed by atoms with Gasteiger partial charge in [-0.15, -0.1) is 0 Å². The highest BCUT2D eigenvalue weighted by Gasteiger charge is 2.27. The van der Waals surface area contributed by atoms with Crippen molar-refractivity contribution in [3.05, 3.63) is 23.7 Å². The number of hydrogen-bond donors (Lipinski definition) is 1. The summed E-state index contributed by atoms with van der Waals surface area (Å²) >= 11 is 1.80. The fourth-order valence-corrected chi connectivity index (χ4v) is 3.62. The van der Waals surface area contributed by atoms with Crippen molar-refractivity contribution >= 4 is 11.8 Å². The van der Waals surface area contributed by atoms with Crippen molar-refractivity contribution in [2.24, 2.45) is 11.8 Å². The van der Waals surface area contributed by atoms with E-state index in [0.717, 1.165) is 35.7 Å². The molecule has 0 amide bonds. The van der Waals surface area contributed by atoms with Gasteiger partial charge in [0.25, 0.3) is 0 Å². The Morgan fingerprint density at radius 3 is 2.74 bits per heavy atom. The number of nitrogens with one attached hydrogen (secondary N) is 1. The summed E-state index contributed by atoms with van der Waals surface area (Å²) in [5.74, 6) is 4.75. The second-order valence-corrected chi connectivity index (χ2v) is 6.85. The first kappa shape index (κ1) is 15.0. The Bertz CT molecular complexity index is 375. The summed E-state index contributed by atoms with van der Waals surface area (Å²) in [7, 11) is 0. The zero-order chi connectivity index (χ0) is 13.7. The lowest BCUT2D eigenvalue weighted by molar-refractivity contribution is 0.201. The fraction of sp³-hybridized carbons (Fsp3) is 0.750. The van der Waals surface area contributed by atoms with Gasteiger partial charge in [0.1, 0.15) is 11.5 Å². The highest BCUT2D eigenvalue weighted by Crippen LogP contribution is 2.30. The Hall–Kier alpha value is -0.410. The van der Waals surface area contributed by atoms with Crippen molar-refractivity contribution in [3.63, 3.8) is 0 Å². The molecule has 0 saturated heterocycles. The van der Waals surface area contributed by atoms with Gasteiger partial charge in [0.05, 0.1) is 12.3 Å². The average molecular weight is 281 g/mol. The lowest BCUT2D eigenvalue weighted by Gasteiger charge is -2.34. The van der Waals surface area contributed by atoms with Gasteiger partial charge >= 0.3 is 0 Å². The molecule has 3 heteroatoms. The van der Waals surface area contributed by atoms with E-state index in [1.807, 2.05) is 0 Å². The Balaban J connectivity index is 1.85. The average Bonchev–Trinajstić information content (AvgIpc) is 2.85. The van der Waals surface area contributed by atoms with Crippen LogP contribution in [0.5, 0.6) is 0 Å². The van der Waals surface area contributed by atoms with Crippen LogP contribution in [0.2, 0.25) is 0 Å². The molecule has 0 bridgehead atoms. The molecule has 0 spiro atoms. The Morgan fingerprint density at radius 1 is 1.26 bits per heavy atom. The molecule has 1 fully saturated rings. The number of rotatable bonds is 6. The van der Waals surface area contributed by atoms with Gasteiger partial charge in [-0.05, 0) is 43.1 Å². The summed E-state index contributed by atoms with van der Waals surface area (Å²) < 4.78 is 5.83. The van der Waals surface area contributed by atoms with Crippen molar-refractivity contribution in [2.75, 3.05) is 6.26 Å². The highest BCUT2D eigenvalue weighted by molar-refractivity contribution is 7.97. The fourth-order valence-electron chi connectivity index (χ4n) is 3.18. The predicted molar refractivity (Wildman–Crippen MR) is 83.4 cm³/mol. The largest absolute Gasteiger partial charge is 0.464 e. The highest BCUT2D eigenvalue weighted by atomic mass is 32.2. The smallest absolute Gasteiger partial charge is 0.118 e. The number of furan rings is 1. The van der Waals surface area contributed by atoms with E-state index in [1.54, 1.807) is 11.8 Å². The molecule has 1 heterocycles. The molecule has 2 unspecified atom stereocenters. The van der Waals surface area contributed by atoms with Crippen LogP contribution in [0.15, 0.2) is 16.5 Å². The van der Waals surface area contributed by atoms with Crippen LogP contribution in [0.1, 0.15) is 51.1 Å². The maximum Gasteiger partial charge on any atom is 0.118 e. The molecule has 1 saturated carbocycles. The molecule has 1 aliphatic carbocycles. The summed E-state index contributed by atoms with van der Waals surface area (Å²) in [6.07, 6.45) is 7.58. The summed E-state index contributed by atoms with van der Waals surface area (Å²) in [5.41, 5.74) is 0. The maximum absolute atomic E-state index is 5.83. The second kappa shape index (κ2) is 7.39. The minimum Gasteiger partial charge on any atom is -0.464 e. The van der Waals surface area contributed by atoms with E-state index < -0.39 is 0 Å². The third-order valence-electron chi connectivity index (χ3n) is 4.22. The monoisotopic (exact) mass is 281 g/mol. The zero-order valence-corrected chi connectivity index (χ0v) is 13.3. The maximum atomic E-state index is 5.83. The molecule has 0 radical (unpaired) electrons. The molecule has 1 N–H and O–H groups in total. The van der Waals surface area contributed by atoms with Crippen molar-refractivity contribution in [1.29, 1.82) is 0 Å². The lowest BCUT2D eigenvalue weighted by Crippen LogP contribution is -2.40. The summed E-state index contributed by atoms with van der Waals surface area (Å²) in [4.78, 5) is 0. The van der Waals surface area contributed by atoms with Gasteiger partial charge in [-0.3, -0.25) is 0 Å². The van der Waals surface area contributed by atoms with Crippen LogP contribution in [0.4, 0.5) is 0 Å². The second-order valence-electron chi connectivity index (χ2n) is 5.98. The number of hydrogen-bond acceptors (Lipinski definition) is 3. The molecular formula is C16H27NOS. The van der Waals surface area contributed by atoms with Crippen LogP contribution in [-0.4, -0.2) is 12.3 Å². The van der Waals surface area contributed by atoms with Crippen molar-refractivity contribution in [2.45, 2.75) is 57.9 Å². The first-order chi connectivity index (χ1) is 9.20. The first-order valence-corrected chi connectivity index (χ1v) is 8.90. The molecule has 1 aromatic rings. The third-order valence-corrected chi connectivity index (χ3v) is 4.79. The van der Waals surface area contributed by atoms with Crippen molar-refractivity contribution in [1.82, 2.24) is 5.32 Å². The summed E-state index contributed by atoms with van der Waals surface area (Å²) in [5, 5.41) is 3.72. The molecule has 2 rings (SSSR count). The molecule has 0 aliphatic heterocycles. The lowest BCUT2D eigenvalue weighted by atomic mass is 9.78. The van der Waals surface area contributed by atoms with Gasteiger partial charge in [0, 0.05) is 6.04 Å². The molecule has 1 aromatic heterocycles. The minimum atomic E-state index is 0.669. The standard InChI is InChI=1S/C16H27NOS/c1-12(2)15-6-4-5-7-16(15)17-10-13-8-9-14(18-13)11-19-3/h8-9,12,15-17H,4-7,10-11H2,1-3H3. The van der Waals surface area contributed by atoms with Gasteiger partial charge in [0.2, 0.25) is 0 Å². The van der Waals surface area contributed by atoms with E-state index in [-0.39, 0.29) is 0 Å². The predicted octanol–water partition coefficient (Wildman–Crippen LogP) is 4.45. The molecule has 108 valence electrons. The van der Waals surface area contributed by atoms with Gasteiger partial charge in [-0.2, -0.15) is 11.8 Å². The Labute approximate surface area is 121 Å². The summed E-state index contributed by atoms with van der Waals surface area (Å²) in [6.45, 7) is 5.59. The van der Waals surface area contributed by atoms with E-state index in [4.69, 9.17) is 4.42 Å². The first-order valence-electron chi connectivity index (χ1n) is 7.50. The molecule has 2 nitrogen and oxygen atoms in total. The van der Waals surface area contributed by atoms with Crippen molar-refractivity contribution in [3.8, 4) is 0 Å². The zero-order valence-electron chi connectivity index (χ0n) is 12.4. The molecule has 0 aromatic carbocycles. The normalized spacial score (nSPS) is 24.0. The van der Waals surface area contributed by atoms with Crippen molar-refractivity contribution < 1.29 is 4.42 Å². The van der Waals surface area contributed by atoms with E-state index in [1.165, 1.54) is 25.7 Å². The Kier molecular flexibility index (Phi) is 5.83. The molecule has 2 atom stereocenters. The van der Waals surface area contributed by atoms with Crippen LogP contribution in [-0.2, 0) is 12.3 Å². The molecular weight excluding hydrogens is 254 g/mol. The van der Waals surface area contributed by atoms with Crippen LogP contribution in [0.3, 0.4) is 0 Å². The van der Waals surface area contributed by atoms with Gasteiger partial charge in [-0.1, -0.05) is 26.7 Å². The van der Waals surface area contributed by atoms with Gasteiger partial charge in [0.15, 0.2) is 0 Å². The quantitative estimate of drug-likeness (QED) is 0.834. The van der Waals surface area contributed by atoms with Gasteiger partial charge < -0.3 is 9.73 Å². The molecule has 19 heavy (non-hydrogen) atoms. The van der Waals surface area contributed by atoms with E-state index in [9.17, 15) is 0 Å². The van der Waals surface area contributed by atoms with E-state index in [0.29, 0.717) is 6.04 Å². The van der Waals surface area contributed by atoms with Gasteiger partial charge in [-0.25, -0.2) is 0 Å². The van der Waals surface area contributed by atoms with E-state index >= 15 is 0 Å². The topological polar surface area (TPSA) is 25.2 Å². The van der Waals surface area contributed by atoms with E-state index in [2.05, 4.69) is 37.6 Å².